The Bertz CT molecular complexity index is 1240. The third kappa shape index (κ3) is 7.68. The topological polar surface area (TPSA) is 109 Å². The first-order chi connectivity index (χ1) is 16.3. The van der Waals surface area contributed by atoms with Crippen molar-refractivity contribution in [2.75, 3.05) is 17.2 Å². The van der Waals surface area contributed by atoms with Crippen molar-refractivity contribution in [2.45, 2.75) is 0 Å². The molecule has 0 radical (unpaired) electrons. The lowest BCUT2D eigenvalue weighted by molar-refractivity contribution is -0.136. The van der Waals surface area contributed by atoms with Gasteiger partial charge < -0.3 is 15.4 Å². The Balaban J connectivity index is 1.57. The van der Waals surface area contributed by atoms with E-state index in [4.69, 9.17) is 16.3 Å². The summed E-state index contributed by atoms with van der Waals surface area (Å²) < 4.78 is 19.2. The molecule has 0 spiro atoms. The van der Waals surface area contributed by atoms with Crippen molar-refractivity contribution in [3.05, 3.63) is 87.6 Å². The number of ether oxygens (including phenoxy) is 1. The minimum atomic E-state index is -1.03. The van der Waals surface area contributed by atoms with Crippen molar-refractivity contribution in [1.29, 1.82) is 0 Å². The predicted molar refractivity (Wildman–Crippen MR) is 130 cm³/mol. The lowest BCUT2D eigenvalue weighted by Gasteiger charge is -2.10. The second-order valence-electron chi connectivity index (χ2n) is 6.69. The number of hydrazone groups is 1. The molecule has 0 bridgehead atoms. The van der Waals surface area contributed by atoms with E-state index >= 15 is 0 Å². The van der Waals surface area contributed by atoms with Crippen molar-refractivity contribution >= 4 is 62.8 Å². The fourth-order valence-electron chi connectivity index (χ4n) is 2.59. The number of rotatable bonds is 7. The molecule has 0 aliphatic heterocycles. The van der Waals surface area contributed by atoms with Gasteiger partial charge in [0.1, 0.15) is 11.6 Å². The van der Waals surface area contributed by atoms with E-state index in [-0.39, 0.29) is 12.3 Å². The zero-order chi connectivity index (χ0) is 24.5. The van der Waals surface area contributed by atoms with Gasteiger partial charge >= 0.3 is 11.8 Å². The van der Waals surface area contributed by atoms with Gasteiger partial charge in [-0.25, -0.2) is 9.82 Å². The van der Waals surface area contributed by atoms with Crippen LogP contribution in [0.15, 0.2) is 76.3 Å². The van der Waals surface area contributed by atoms with Gasteiger partial charge in [0.15, 0.2) is 6.61 Å². The average Bonchev–Trinajstić information content (AvgIpc) is 2.80. The lowest BCUT2D eigenvalue weighted by atomic mass is 10.2. The van der Waals surface area contributed by atoms with Crippen LogP contribution in [-0.4, -0.2) is 30.5 Å². The number of nitrogens with zero attached hydrogens (tertiary/aromatic N) is 1. The van der Waals surface area contributed by atoms with E-state index in [1.54, 1.807) is 42.5 Å². The highest BCUT2D eigenvalue weighted by molar-refractivity contribution is 9.10. The van der Waals surface area contributed by atoms with Gasteiger partial charge in [-0.05, 0) is 60.7 Å². The predicted octanol–water partition coefficient (Wildman–Crippen LogP) is 4.35. The van der Waals surface area contributed by atoms with E-state index in [1.165, 1.54) is 18.3 Å². The maximum atomic E-state index is 12.9. The number of halogens is 3. The quantitative estimate of drug-likeness (QED) is 0.232. The summed E-state index contributed by atoms with van der Waals surface area (Å²) in [5.74, 6) is -2.57. The number of benzene rings is 3. The molecule has 0 unspecified atom stereocenters. The molecule has 0 fully saturated rings. The molecule has 0 saturated heterocycles. The highest BCUT2D eigenvalue weighted by Crippen LogP contribution is 2.22. The Morgan fingerprint density at radius 1 is 0.971 bits per heavy atom. The van der Waals surface area contributed by atoms with E-state index in [9.17, 15) is 18.8 Å². The van der Waals surface area contributed by atoms with E-state index < -0.39 is 23.5 Å². The molecule has 0 aliphatic carbocycles. The van der Waals surface area contributed by atoms with Crippen LogP contribution in [0.25, 0.3) is 0 Å². The summed E-state index contributed by atoms with van der Waals surface area (Å²) >= 11 is 9.23. The summed E-state index contributed by atoms with van der Waals surface area (Å²) in [6, 6.07) is 16.6. The van der Waals surface area contributed by atoms with Crippen LogP contribution in [0.4, 0.5) is 15.8 Å². The van der Waals surface area contributed by atoms with Crippen LogP contribution in [0.3, 0.4) is 0 Å². The smallest absolute Gasteiger partial charge is 0.329 e. The summed E-state index contributed by atoms with van der Waals surface area (Å²) in [6.07, 6.45) is 1.26. The van der Waals surface area contributed by atoms with Gasteiger partial charge in [-0.1, -0.05) is 33.6 Å². The van der Waals surface area contributed by atoms with E-state index in [0.717, 1.165) is 12.1 Å². The minimum Gasteiger partial charge on any atom is -0.483 e. The third-order valence-corrected chi connectivity index (χ3v) is 4.85. The Morgan fingerprint density at radius 2 is 1.74 bits per heavy atom. The third-order valence-electron chi connectivity index (χ3n) is 4.12. The van der Waals surface area contributed by atoms with Gasteiger partial charge in [-0.2, -0.15) is 5.10 Å². The first kappa shape index (κ1) is 24.9. The number of hydrogen-bond acceptors (Lipinski definition) is 5. The molecule has 0 atom stereocenters. The van der Waals surface area contributed by atoms with Gasteiger partial charge in [0.25, 0.3) is 5.91 Å². The van der Waals surface area contributed by atoms with Crippen LogP contribution in [0, 0.1) is 5.82 Å². The average molecular weight is 548 g/mol. The normalized spacial score (nSPS) is 10.6. The number of amides is 3. The van der Waals surface area contributed by atoms with Crippen molar-refractivity contribution in [3.8, 4) is 5.75 Å². The highest BCUT2D eigenvalue weighted by atomic mass is 79.9. The van der Waals surface area contributed by atoms with Crippen LogP contribution in [0.5, 0.6) is 5.75 Å². The van der Waals surface area contributed by atoms with Crippen molar-refractivity contribution in [1.82, 2.24) is 5.43 Å². The lowest BCUT2D eigenvalue weighted by Crippen LogP contribution is -2.32. The van der Waals surface area contributed by atoms with E-state index in [1.807, 2.05) is 0 Å². The van der Waals surface area contributed by atoms with Crippen LogP contribution in [-0.2, 0) is 14.4 Å². The molecular weight excluding hydrogens is 531 g/mol. The van der Waals surface area contributed by atoms with Gasteiger partial charge in [-0.15, -0.1) is 0 Å². The Morgan fingerprint density at radius 3 is 2.47 bits per heavy atom. The SMILES string of the molecule is O=C(COc1ccc(Br)cc1/C=N\NC(=O)C(=O)Nc1ccc(F)cc1)Nc1cccc(Cl)c1. The molecule has 3 amide bonds. The van der Waals surface area contributed by atoms with Gasteiger partial charge in [0.05, 0.1) is 6.21 Å². The highest BCUT2D eigenvalue weighted by Gasteiger charge is 2.13. The van der Waals surface area contributed by atoms with Crippen LogP contribution >= 0.6 is 27.5 Å². The molecule has 11 heteroatoms. The summed E-state index contributed by atoms with van der Waals surface area (Å²) in [4.78, 5) is 36.1. The summed E-state index contributed by atoms with van der Waals surface area (Å²) in [6.45, 7) is -0.290. The maximum Gasteiger partial charge on any atom is 0.329 e. The van der Waals surface area contributed by atoms with E-state index in [2.05, 4.69) is 37.1 Å². The maximum absolute atomic E-state index is 12.9. The van der Waals surface area contributed by atoms with Crippen molar-refractivity contribution < 1.29 is 23.5 Å². The second-order valence-corrected chi connectivity index (χ2v) is 8.04. The first-order valence-corrected chi connectivity index (χ1v) is 10.8. The zero-order valence-corrected chi connectivity index (χ0v) is 19.7. The molecule has 174 valence electrons. The van der Waals surface area contributed by atoms with Crippen LogP contribution in [0.1, 0.15) is 5.56 Å². The van der Waals surface area contributed by atoms with Gasteiger partial charge in [0, 0.05) is 26.4 Å². The van der Waals surface area contributed by atoms with Gasteiger partial charge in [0.2, 0.25) is 0 Å². The summed E-state index contributed by atoms with van der Waals surface area (Å²) in [5.41, 5.74) is 3.31. The largest absolute Gasteiger partial charge is 0.483 e. The van der Waals surface area contributed by atoms with Crippen LogP contribution < -0.4 is 20.8 Å². The molecule has 34 heavy (non-hydrogen) atoms. The zero-order valence-electron chi connectivity index (χ0n) is 17.3. The standard InChI is InChI=1S/C23H17BrClFN4O4/c24-15-4-9-20(34-13-21(31)28-19-3-1-2-16(25)11-19)14(10-15)12-27-30-23(33)22(32)29-18-7-5-17(26)6-8-18/h1-12H,13H2,(H,28,31)(H,29,32)(H,30,33)/b27-12-. The monoisotopic (exact) mass is 546 g/mol. The van der Waals surface area contributed by atoms with E-state index in [0.29, 0.717) is 26.5 Å². The molecule has 3 N–H and O–H groups in total. The Hall–Kier alpha value is -3.76. The molecule has 0 aliphatic rings. The number of nitrogens with one attached hydrogen (secondary N) is 3. The van der Waals surface area contributed by atoms with Gasteiger partial charge in [-0.3, -0.25) is 14.4 Å². The van der Waals surface area contributed by atoms with Crippen molar-refractivity contribution in [3.63, 3.8) is 0 Å². The molecule has 0 heterocycles. The first-order valence-electron chi connectivity index (χ1n) is 9.68. The number of carbonyl (C=O) groups excluding carboxylic acids is 3. The number of anilines is 2. The number of carbonyl (C=O) groups is 3. The Kier molecular flexibility index (Phi) is 8.72. The second kappa shape index (κ2) is 11.9. The Labute approximate surface area is 207 Å². The molecule has 3 aromatic rings. The molecule has 3 rings (SSSR count). The molecule has 8 nitrogen and oxygen atoms in total. The number of hydrogen-bond donors (Lipinski definition) is 3. The molecule has 3 aromatic carbocycles. The summed E-state index contributed by atoms with van der Waals surface area (Å²) in [5, 5.41) is 9.23. The fraction of sp³-hybridized carbons (Fsp3) is 0.0435. The molecule has 0 aromatic heterocycles. The molecule has 0 saturated carbocycles. The minimum absolute atomic E-state index is 0.254. The van der Waals surface area contributed by atoms with Crippen molar-refractivity contribution in [2.24, 2.45) is 5.10 Å². The fourth-order valence-corrected chi connectivity index (χ4v) is 3.16. The van der Waals surface area contributed by atoms with Crippen LogP contribution in [0.2, 0.25) is 5.02 Å². The molecular formula is C23H17BrClFN4O4. The summed E-state index contributed by atoms with van der Waals surface area (Å²) in [7, 11) is 0.